The molecule has 0 radical (unpaired) electrons. The lowest BCUT2D eigenvalue weighted by molar-refractivity contribution is 0.0685. The SMILES string of the molecule is O=C(O)c1c2c(c(C(=O)O)c3ccccc13)-c1ccc(-c3ccc4c5c(cccc35)-c3c-4c(C(=O)O)c4ccccc4c3C(=O)O)c3cccc-2c13. The van der Waals surface area contributed by atoms with Gasteiger partial charge in [0.15, 0.2) is 0 Å². The van der Waals surface area contributed by atoms with E-state index < -0.39 is 23.9 Å². The molecule has 0 heterocycles. The zero-order valence-corrected chi connectivity index (χ0v) is 26.8. The average molecular weight is 679 g/mol. The molecule has 8 nitrogen and oxygen atoms in total. The van der Waals surface area contributed by atoms with Gasteiger partial charge in [0.1, 0.15) is 0 Å². The molecule has 0 atom stereocenters. The minimum atomic E-state index is -1.16. The van der Waals surface area contributed by atoms with Crippen LogP contribution in [0.4, 0.5) is 0 Å². The van der Waals surface area contributed by atoms with Crippen molar-refractivity contribution in [2.45, 2.75) is 0 Å². The van der Waals surface area contributed by atoms with E-state index >= 15 is 0 Å². The van der Waals surface area contributed by atoms with E-state index in [1.165, 1.54) is 0 Å². The second kappa shape index (κ2) is 10.1. The molecule has 0 amide bonds. The Hall–Kier alpha value is -7.32. The number of carboxylic acid groups (broad SMARTS) is 4. The molecule has 246 valence electrons. The van der Waals surface area contributed by atoms with Crippen molar-refractivity contribution in [3.63, 3.8) is 0 Å². The number of aromatic carboxylic acids is 4. The summed E-state index contributed by atoms with van der Waals surface area (Å²) in [5, 5.41) is 46.6. The van der Waals surface area contributed by atoms with Crippen molar-refractivity contribution < 1.29 is 39.6 Å². The van der Waals surface area contributed by atoms with Gasteiger partial charge in [0.2, 0.25) is 0 Å². The Bertz CT molecular complexity index is 2740. The highest BCUT2D eigenvalue weighted by Crippen LogP contribution is 2.57. The molecule has 4 N–H and O–H groups in total. The van der Waals surface area contributed by atoms with Gasteiger partial charge in [-0.05, 0) is 76.5 Å². The van der Waals surface area contributed by atoms with Crippen LogP contribution in [0.3, 0.4) is 0 Å². The van der Waals surface area contributed by atoms with Crippen LogP contribution in [0.1, 0.15) is 41.4 Å². The first-order valence-corrected chi connectivity index (χ1v) is 16.4. The maximum absolute atomic E-state index is 12.9. The smallest absolute Gasteiger partial charge is 0.336 e. The molecule has 0 bridgehead atoms. The van der Waals surface area contributed by atoms with Crippen molar-refractivity contribution >= 4 is 67.0 Å². The molecular weight excluding hydrogens is 656 g/mol. The van der Waals surface area contributed by atoms with Crippen molar-refractivity contribution in [1.29, 1.82) is 0 Å². The van der Waals surface area contributed by atoms with Crippen LogP contribution in [0.15, 0.2) is 109 Å². The highest BCUT2D eigenvalue weighted by atomic mass is 16.4. The quantitative estimate of drug-likeness (QED) is 0.141. The lowest BCUT2D eigenvalue weighted by atomic mass is 9.87. The van der Waals surface area contributed by atoms with Gasteiger partial charge in [0, 0.05) is 22.3 Å². The molecule has 0 fully saturated rings. The number of carbonyl (C=O) groups is 4. The normalized spacial score (nSPS) is 12.1. The number of hydrogen-bond donors (Lipinski definition) is 4. The molecule has 0 aromatic heterocycles. The second-order valence-electron chi connectivity index (χ2n) is 13.1. The fourth-order valence-corrected chi connectivity index (χ4v) is 8.96. The maximum Gasteiger partial charge on any atom is 0.336 e. The number of carboxylic acids is 4. The van der Waals surface area contributed by atoms with Crippen molar-refractivity contribution in [2.24, 2.45) is 0 Å². The van der Waals surface area contributed by atoms with Gasteiger partial charge in [0.25, 0.3) is 0 Å². The minimum absolute atomic E-state index is 0.0415. The highest BCUT2D eigenvalue weighted by molar-refractivity contribution is 6.32. The summed E-state index contributed by atoms with van der Waals surface area (Å²) in [7, 11) is 0. The maximum atomic E-state index is 12.9. The summed E-state index contributed by atoms with van der Waals surface area (Å²) in [4.78, 5) is 51.6. The summed E-state index contributed by atoms with van der Waals surface area (Å²) in [5.74, 6) is -4.63. The Morgan fingerprint density at radius 2 is 0.538 bits per heavy atom. The molecule has 0 saturated heterocycles. The summed E-state index contributed by atoms with van der Waals surface area (Å²) in [5.41, 5.74) is 5.72. The number of hydrogen-bond acceptors (Lipinski definition) is 4. The molecule has 0 saturated carbocycles. The fourth-order valence-electron chi connectivity index (χ4n) is 8.96. The monoisotopic (exact) mass is 678 g/mol. The van der Waals surface area contributed by atoms with Gasteiger partial charge < -0.3 is 20.4 Å². The van der Waals surface area contributed by atoms with E-state index in [0.717, 1.165) is 32.7 Å². The lowest BCUT2D eigenvalue weighted by Gasteiger charge is -2.15. The van der Waals surface area contributed by atoms with Crippen molar-refractivity contribution in [1.82, 2.24) is 0 Å². The van der Waals surface area contributed by atoms with E-state index in [9.17, 15) is 39.6 Å². The molecule has 0 unspecified atom stereocenters. The molecule has 2 aliphatic rings. The van der Waals surface area contributed by atoms with Gasteiger partial charge in [-0.25, -0.2) is 19.2 Å². The number of fused-ring (bicyclic) bond motifs is 8. The van der Waals surface area contributed by atoms with Crippen LogP contribution in [-0.4, -0.2) is 44.3 Å². The molecular formula is C44H22O8. The van der Waals surface area contributed by atoms with Gasteiger partial charge in [-0.3, -0.25) is 0 Å². The topological polar surface area (TPSA) is 149 Å². The van der Waals surface area contributed by atoms with Crippen LogP contribution in [0.5, 0.6) is 0 Å². The molecule has 10 rings (SSSR count). The van der Waals surface area contributed by atoms with Crippen molar-refractivity contribution in [3.05, 3.63) is 131 Å². The van der Waals surface area contributed by atoms with Crippen LogP contribution in [0.25, 0.3) is 98.7 Å². The Morgan fingerprint density at radius 3 is 0.827 bits per heavy atom. The number of benzene rings is 8. The van der Waals surface area contributed by atoms with Crippen LogP contribution in [0.2, 0.25) is 0 Å². The molecule has 52 heavy (non-hydrogen) atoms. The minimum Gasteiger partial charge on any atom is -0.478 e. The molecule has 8 aromatic carbocycles. The average Bonchev–Trinajstić information content (AvgIpc) is 3.64. The summed E-state index contributed by atoms with van der Waals surface area (Å²) in [6, 6.07) is 32.0. The lowest BCUT2D eigenvalue weighted by Crippen LogP contribution is -2.07. The summed E-state index contributed by atoms with van der Waals surface area (Å²) < 4.78 is 0. The number of rotatable bonds is 5. The highest BCUT2D eigenvalue weighted by Gasteiger charge is 2.36. The van der Waals surface area contributed by atoms with Gasteiger partial charge >= 0.3 is 23.9 Å². The Balaban J connectivity index is 1.30. The van der Waals surface area contributed by atoms with Crippen LogP contribution < -0.4 is 0 Å². The molecule has 0 aliphatic heterocycles. The van der Waals surface area contributed by atoms with E-state index in [-0.39, 0.29) is 22.3 Å². The standard InChI is InChI=1S/C44H22O8/c45-41(46)37-23-7-1-3-9-25(23)39(43(49)50)35-29-17-15-19(21-11-5-13-27(31(21)29)33(35)37)20-16-18-30-32-22(20)12-6-14-28(32)34-36(30)40(44(51)52)26-10-4-2-8-24(26)38(34)42(47)48/h1-18H,(H,45,46)(H,47,48)(H,49,50)(H,51,52). The van der Waals surface area contributed by atoms with Crippen molar-refractivity contribution in [2.75, 3.05) is 0 Å². The third kappa shape index (κ3) is 3.54. The van der Waals surface area contributed by atoms with E-state index in [0.29, 0.717) is 66.1 Å². The Kier molecular flexibility index (Phi) is 5.76. The molecule has 0 spiro atoms. The summed E-state index contributed by atoms with van der Waals surface area (Å²) in [6.45, 7) is 0. The van der Waals surface area contributed by atoms with Crippen molar-refractivity contribution in [3.8, 4) is 55.6 Å². The van der Waals surface area contributed by atoms with Gasteiger partial charge in [0.05, 0.1) is 22.3 Å². The first-order chi connectivity index (χ1) is 25.2. The van der Waals surface area contributed by atoms with E-state index in [2.05, 4.69) is 0 Å². The first kappa shape index (κ1) is 29.6. The Labute approximate surface area is 293 Å². The molecule has 8 heteroatoms. The summed E-state index contributed by atoms with van der Waals surface area (Å²) in [6.07, 6.45) is 0. The van der Waals surface area contributed by atoms with Crippen LogP contribution in [0, 0.1) is 0 Å². The zero-order chi connectivity index (χ0) is 35.7. The summed E-state index contributed by atoms with van der Waals surface area (Å²) >= 11 is 0. The van der Waals surface area contributed by atoms with Crippen LogP contribution in [-0.2, 0) is 0 Å². The largest absolute Gasteiger partial charge is 0.478 e. The third-order valence-electron chi connectivity index (χ3n) is 10.7. The van der Waals surface area contributed by atoms with Crippen LogP contribution >= 0.6 is 0 Å². The predicted molar refractivity (Wildman–Crippen MR) is 199 cm³/mol. The van der Waals surface area contributed by atoms with Gasteiger partial charge in [-0.15, -0.1) is 0 Å². The molecule has 2 aliphatic carbocycles. The van der Waals surface area contributed by atoms with E-state index in [4.69, 9.17) is 0 Å². The second-order valence-corrected chi connectivity index (χ2v) is 13.1. The fraction of sp³-hybridized carbons (Fsp3) is 0. The van der Waals surface area contributed by atoms with Gasteiger partial charge in [-0.2, -0.15) is 0 Å². The predicted octanol–water partition coefficient (Wildman–Crippen LogP) is 10.1. The first-order valence-electron chi connectivity index (χ1n) is 16.4. The van der Waals surface area contributed by atoms with E-state index in [1.807, 2.05) is 60.7 Å². The van der Waals surface area contributed by atoms with Gasteiger partial charge in [-0.1, -0.05) is 109 Å². The Morgan fingerprint density at radius 1 is 0.288 bits per heavy atom. The third-order valence-corrected chi connectivity index (χ3v) is 10.7. The molecule has 8 aromatic rings. The zero-order valence-electron chi connectivity index (χ0n) is 26.8. The van der Waals surface area contributed by atoms with E-state index in [1.54, 1.807) is 48.5 Å².